The summed E-state index contributed by atoms with van der Waals surface area (Å²) in [6, 6.07) is -8.01. The summed E-state index contributed by atoms with van der Waals surface area (Å²) in [5.74, 6) is -3.92. The third-order valence-electron chi connectivity index (χ3n) is 23.6. The van der Waals surface area contributed by atoms with Crippen LogP contribution in [0.3, 0.4) is 0 Å². The van der Waals surface area contributed by atoms with Gasteiger partial charge in [-0.2, -0.15) is 0 Å². The number of hydrogen-bond acceptors (Lipinski definition) is 50. The number of quaternary nitrogens is 1. The van der Waals surface area contributed by atoms with Crippen LogP contribution in [0.1, 0.15) is 48.5 Å². The van der Waals surface area contributed by atoms with E-state index in [2.05, 4.69) is 21.3 Å². The van der Waals surface area contributed by atoms with Crippen molar-refractivity contribution in [2.24, 2.45) is 0 Å². The molecule has 0 spiro atoms. The van der Waals surface area contributed by atoms with Crippen molar-refractivity contribution in [3.05, 3.63) is 0 Å². The summed E-state index contributed by atoms with van der Waals surface area (Å²) in [6.45, 7) is -0.936. The molecule has 0 radical (unpaired) electrons. The number of nitrogens with zero attached hydrogens (tertiary/aromatic N) is 1. The van der Waals surface area contributed by atoms with Crippen LogP contribution in [0.2, 0.25) is 0 Å². The molecule has 10 heterocycles. The van der Waals surface area contributed by atoms with Gasteiger partial charge in [0.25, 0.3) is 0 Å². The Morgan fingerprint density at radius 2 is 0.623 bits per heavy atom. The van der Waals surface area contributed by atoms with E-state index in [1.165, 1.54) is 20.8 Å². The second-order valence-corrected chi connectivity index (χ2v) is 35.8. The van der Waals surface area contributed by atoms with Crippen molar-refractivity contribution >= 4 is 31.5 Å². The van der Waals surface area contributed by atoms with Crippen LogP contribution in [-0.4, -0.2) is 543 Å². The average Bonchev–Trinajstić information content (AvgIpc) is 0.757. The smallest absolute Gasteiger partial charge is 0.394 e. The predicted molar refractivity (Wildman–Crippen MR) is 409 cm³/mol. The molecule has 10 fully saturated rings. The molecule has 56 nitrogen and oxygen atoms in total. The molecule has 0 saturated carbocycles. The molecule has 10 saturated heterocycles. The van der Waals surface area contributed by atoms with Crippen LogP contribution >= 0.6 is 7.82 Å². The maximum atomic E-state index is 14.0. The highest BCUT2D eigenvalue weighted by Gasteiger charge is 2.63. The van der Waals surface area contributed by atoms with E-state index in [9.17, 15) is 151 Å². The highest BCUT2D eigenvalue weighted by atomic mass is 31.2. The molecule has 0 bridgehead atoms. The largest absolute Gasteiger partial charge is 0.472 e. The number of aliphatic hydroxyl groups excluding tert-OH is 24. The summed E-state index contributed by atoms with van der Waals surface area (Å²) in [4.78, 5) is 64.6. The summed E-state index contributed by atoms with van der Waals surface area (Å²) in [7, 11) is -0.250. The Labute approximate surface area is 741 Å². The standard InChI is InChI=1S/C73H126N5O51P/c1-20-38(87)47(96)52(101)68(113-20)110-18-32-58(60(36(64(106)116-32)76-25(6)85)126-70-54(103)48(97)39(88)21(2)114-70)124-66-35(75-24(5)84)46(95)57(30(16-82)120-66)123-72-56(105)62(44(93)31(121-72)17-109-69-53(102)50(99)42(91)28(14-80)118-69)128-73-63(51(100)43(92)29(15-81)119-73)129-67-37(77-26(7)86)61(127-71-55(104)49(98)40(89)22(3)115-71)59(33(122-67)19-112-130(107,108)111-12-11-78(8,9)10)125-65-34(74-23(4)83)45(94)41(90)27(13-79)117-65/h20-22,27-73,79-82,87-106H,11-19H2,1-10H3,(H4-,74,75,76,77,83,84,85,86,107,108)/p+1/t20-,21-,22-,27+,28+,29+,30+,31+,32+,33+,34+,35+,36+,37+,38+,39+,40+,41-,42+,43+,44+,45+,46+,47+,48+,49+,50-,51-,52-,53-,54-,55-,56-,57+,58+,59+,60+,61+,62-,63-,64+,65-,66-,67-,68+,69-,70-,71-,72-,73+/m0/s1. The zero-order chi connectivity index (χ0) is 96.2. The van der Waals surface area contributed by atoms with Crippen LogP contribution in [0.15, 0.2) is 0 Å². The van der Waals surface area contributed by atoms with Crippen LogP contribution in [-0.2, 0) is 123 Å². The van der Waals surface area contributed by atoms with Crippen LogP contribution in [0.5, 0.6) is 0 Å². The number of carbonyl (C=O) groups is 4. The van der Waals surface area contributed by atoms with E-state index in [1.807, 2.05) is 0 Å². The average molecular weight is 1920 g/mol. The number of phosphoric ester groups is 1. The van der Waals surface area contributed by atoms with E-state index in [0.717, 1.165) is 27.7 Å². The summed E-state index contributed by atoms with van der Waals surface area (Å²) >= 11 is 0. The monoisotopic (exact) mass is 1920 g/mol. The number of likely N-dealkylation sites (N-methyl/N-ethyl adjacent to an activating group) is 1. The van der Waals surface area contributed by atoms with E-state index in [1.54, 1.807) is 21.1 Å². The fraction of sp³-hybridized carbons (Fsp3) is 0.945. The molecule has 4 amide bonds. The summed E-state index contributed by atoms with van der Waals surface area (Å²) < 4.78 is 141. The van der Waals surface area contributed by atoms with Gasteiger partial charge in [0.1, 0.15) is 239 Å². The van der Waals surface area contributed by atoms with Crippen LogP contribution in [0.25, 0.3) is 0 Å². The van der Waals surface area contributed by atoms with E-state index < -0.39 is 391 Å². The second kappa shape index (κ2) is 46.3. The van der Waals surface area contributed by atoms with Gasteiger partial charge in [0, 0.05) is 27.7 Å². The number of nitrogens with one attached hydrogen (secondary N) is 4. The molecule has 0 aromatic carbocycles. The number of aliphatic hydroxyl groups is 24. The molecule has 0 aromatic heterocycles. The topological polar surface area (TPSA) is 833 Å². The van der Waals surface area contributed by atoms with Crippen molar-refractivity contribution in [3.63, 3.8) is 0 Å². The molecular weight excluding hydrogens is 1790 g/mol. The maximum Gasteiger partial charge on any atom is 0.472 e. The highest BCUT2D eigenvalue weighted by Crippen LogP contribution is 2.46. The SMILES string of the molecule is CC(=O)N[C@@H]1[C@@H](O[C@@H]2O[C@@H](C)[C@@H](O)[C@@H](O)[C@@H]2O)[C@H](O[C@@H]2O[C@H](CO)[C@@H](O[C@@H]3O[C@H](CO[C@H]4O[C@H](CO)[C@@H](O)[C@H](O)[C@@H]4O)[C@@H](O)[C@H](O[C@H]4O[C@H](CO)[C@@H](O)[C@H](O)[C@@H]4O[C@@H]4O[C@H](COP(=O)(O)OCC[N+](C)(C)C)[C@@H](O[C@@H]5O[C@H](CO)[C@H](O)[C@H](O)[C@H]5NC(C)=O)[C@H](O[C@@H]5O[C@@H](C)[C@@H](O)[C@@H](O)[C@@H]5O)[C@H]4NC(C)=O)[C@@H]3O)[C@H](O)[C@H]2NC(C)=O)[C@@H](CO[C@@H]2O[C@@H](C)[C@@H](O)[C@@H](O)[C@@H]2O)O[C@H]1O. The van der Waals surface area contributed by atoms with Crippen molar-refractivity contribution in [2.45, 2.75) is 355 Å². The minimum Gasteiger partial charge on any atom is -0.394 e. The van der Waals surface area contributed by atoms with Crippen LogP contribution in [0, 0.1) is 0 Å². The van der Waals surface area contributed by atoms with Crippen molar-refractivity contribution in [2.75, 3.05) is 80.5 Å². The predicted octanol–water partition coefficient (Wildman–Crippen LogP) is -18.3. The molecule has 29 N–H and O–H groups in total. The van der Waals surface area contributed by atoms with Crippen molar-refractivity contribution in [1.82, 2.24) is 21.3 Å². The summed E-state index contributed by atoms with van der Waals surface area (Å²) in [5.41, 5.74) is 0. The number of amides is 4. The summed E-state index contributed by atoms with van der Waals surface area (Å²) in [5, 5.41) is 281. The fourth-order valence-corrected chi connectivity index (χ4v) is 17.0. The number of rotatable bonds is 35. The van der Waals surface area contributed by atoms with Crippen molar-refractivity contribution < 1.29 is 255 Å². The fourth-order valence-electron chi connectivity index (χ4n) is 16.3. The first-order chi connectivity index (χ1) is 60.9. The van der Waals surface area contributed by atoms with Crippen molar-refractivity contribution in [3.8, 4) is 0 Å². The van der Waals surface area contributed by atoms with Gasteiger partial charge in [0.05, 0.1) is 85.7 Å². The number of carbonyl (C=O) groups excluding carboxylic acids is 4. The third-order valence-corrected chi connectivity index (χ3v) is 24.6. The van der Waals surface area contributed by atoms with Gasteiger partial charge < -0.3 is 243 Å². The Hall–Kier alpha value is -3.77. The molecule has 10 aliphatic heterocycles. The van der Waals surface area contributed by atoms with E-state index >= 15 is 0 Å². The zero-order valence-electron chi connectivity index (χ0n) is 71.9. The number of hydrogen-bond donors (Lipinski definition) is 29. The molecule has 10 aliphatic rings. The van der Waals surface area contributed by atoms with Gasteiger partial charge in [-0.3, -0.25) is 28.2 Å². The van der Waals surface area contributed by atoms with E-state index in [-0.39, 0.29) is 11.0 Å². The summed E-state index contributed by atoms with van der Waals surface area (Å²) in [6.07, 6.45) is -96.4. The normalized spacial score (nSPS) is 48.0. The number of phosphoric acid groups is 1. The lowest BCUT2D eigenvalue weighted by Gasteiger charge is -2.52. The lowest BCUT2D eigenvalue weighted by molar-refractivity contribution is -0.870. The van der Waals surface area contributed by atoms with Crippen LogP contribution < -0.4 is 21.3 Å². The minimum atomic E-state index is -5.35. The second-order valence-electron chi connectivity index (χ2n) is 34.4. The molecule has 754 valence electrons. The van der Waals surface area contributed by atoms with Gasteiger partial charge in [0.2, 0.25) is 23.6 Å². The molecule has 57 heteroatoms. The van der Waals surface area contributed by atoms with Crippen molar-refractivity contribution in [1.29, 1.82) is 0 Å². The molecule has 130 heavy (non-hydrogen) atoms. The van der Waals surface area contributed by atoms with Gasteiger partial charge in [-0.05, 0) is 20.8 Å². The molecule has 51 atom stereocenters. The molecule has 0 aromatic rings. The Kier molecular flexibility index (Phi) is 38.6. The van der Waals surface area contributed by atoms with Gasteiger partial charge >= 0.3 is 7.82 Å². The first kappa shape index (κ1) is 108. The van der Waals surface area contributed by atoms with Gasteiger partial charge in [-0.25, -0.2) is 4.57 Å². The highest BCUT2D eigenvalue weighted by molar-refractivity contribution is 7.47. The lowest BCUT2D eigenvalue weighted by atomic mass is 9.93. The maximum absolute atomic E-state index is 14.0. The lowest BCUT2D eigenvalue weighted by Crippen LogP contribution is -2.72. The van der Waals surface area contributed by atoms with E-state index in [0.29, 0.717) is 0 Å². The molecular formula is C73H127N5O51P+. The van der Waals surface area contributed by atoms with Gasteiger partial charge in [0.15, 0.2) is 62.9 Å². The third kappa shape index (κ3) is 25.5. The Morgan fingerprint density at radius 1 is 0.292 bits per heavy atom. The van der Waals surface area contributed by atoms with Gasteiger partial charge in [-0.15, -0.1) is 0 Å². The van der Waals surface area contributed by atoms with E-state index in [4.69, 9.17) is 99.0 Å². The minimum absolute atomic E-state index is 0.0659. The first-order valence-electron chi connectivity index (χ1n) is 41.9. The Balaban J connectivity index is 1.04. The molecule has 10 rings (SSSR count). The van der Waals surface area contributed by atoms with Gasteiger partial charge in [-0.1, -0.05) is 0 Å². The Bertz CT molecular complexity index is 3620. The quantitative estimate of drug-likeness (QED) is 0.0207. The first-order valence-corrected chi connectivity index (χ1v) is 43.4. The van der Waals surface area contributed by atoms with Crippen LogP contribution in [0.4, 0.5) is 0 Å². The number of ether oxygens (including phenoxy) is 19. The molecule has 1 unspecified atom stereocenters. The Morgan fingerprint density at radius 3 is 1.11 bits per heavy atom. The molecule has 0 aliphatic carbocycles. The zero-order valence-corrected chi connectivity index (χ0v) is 72.8.